The van der Waals surface area contributed by atoms with Gasteiger partial charge in [0.1, 0.15) is 4.88 Å². The quantitative estimate of drug-likeness (QED) is 0.850. The molecule has 17 heavy (non-hydrogen) atoms. The van der Waals surface area contributed by atoms with Gasteiger partial charge in [0.05, 0.1) is 17.2 Å². The molecular formula is C11H15ClN2O2S. The Labute approximate surface area is 109 Å². The molecule has 0 bridgehead atoms. The first-order valence-corrected chi connectivity index (χ1v) is 6.67. The molecule has 0 unspecified atom stereocenters. The first-order chi connectivity index (χ1) is 8.02. The van der Waals surface area contributed by atoms with E-state index in [1.807, 2.05) is 12.3 Å². The van der Waals surface area contributed by atoms with E-state index in [9.17, 15) is 9.90 Å². The fraction of sp³-hybridized carbons (Fsp3) is 0.545. The van der Waals surface area contributed by atoms with Crippen LogP contribution in [0.1, 0.15) is 15.2 Å². The molecule has 2 N–H and O–H groups in total. The van der Waals surface area contributed by atoms with E-state index in [0.29, 0.717) is 23.0 Å². The molecule has 0 aromatic carbocycles. The van der Waals surface area contributed by atoms with Gasteiger partial charge in [0, 0.05) is 20.1 Å². The lowest BCUT2D eigenvalue weighted by Crippen LogP contribution is -2.44. The predicted octanol–water partition coefficient (Wildman–Crippen LogP) is 1.11. The Bertz CT molecular complexity index is 435. The number of amides is 1. The van der Waals surface area contributed by atoms with Crippen LogP contribution in [0, 0.1) is 6.92 Å². The van der Waals surface area contributed by atoms with Gasteiger partial charge in [-0.05, 0) is 17.9 Å². The molecule has 2 heterocycles. The average molecular weight is 275 g/mol. The maximum absolute atomic E-state index is 12.2. The molecule has 0 saturated carbocycles. The van der Waals surface area contributed by atoms with E-state index in [0.717, 1.165) is 5.56 Å². The third kappa shape index (κ3) is 2.33. The first-order valence-electron chi connectivity index (χ1n) is 5.42. The Morgan fingerprint density at radius 3 is 2.82 bits per heavy atom. The van der Waals surface area contributed by atoms with Gasteiger partial charge in [0.25, 0.3) is 5.91 Å². The molecule has 2 atom stereocenters. The van der Waals surface area contributed by atoms with E-state index in [-0.39, 0.29) is 11.9 Å². The van der Waals surface area contributed by atoms with E-state index >= 15 is 0 Å². The van der Waals surface area contributed by atoms with Crippen LogP contribution in [-0.2, 0) is 0 Å². The normalized spacial score (nSPS) is 24.0. The Hall–Kier alpha value is -0.620. The van der Waals surface area contributed by atoms with Crippen LogP contribution >= 0.6 is 22.9 Å². The zero-order valence-corrected chi connectivity index (χ0v) is 11.3. The number of aliphatic hydroxyl groups excluding tert-OH is 1. The third-order valence-electron chi connectivity index (χ3n) is 3.06. The molecule has 1 fully saturated rings. The maximum atomic E-state index is 12.2. The molecule has 6 heteroatoms. The highest BCUT2D eigenvalue weighted by Gasteiger charge is 2.32. The minimum absolute atomic E-state index is 0.124. The topological polar surface area (TPSA) is 52.6 Å². The number of hydrogen-bond acceptors (Lipinski definition) is 4. The van der Waals surface area contributed by atoms with Crippen molar-refractivity contribution in [1.82, 2.24) is 10.2 Å². The van der Waals surface area contributed by atoms with Crippen molar-refractivity contribution in [1.29, 1.82) is 0 Å². The number of aryl methyl sites for hydroxylation is 1. The van der Waals surface area contributed by atoms with E-state index in [1.54, 1.807) is 11.9 Å². The number of carbonyl (C=O) groups is 1. The van der Waals surface area contributed by atoms with Crippen LogP contribution in [0.2, 0.25) is 5.02 Å². The van der Waals surface area contributed by atoms with Crippen LogP contribution in [0.15, 0.2) is 5.38 Å². The molecule has 1 aromatic heterocycles. The Balaban J connectivity index is 2.17. The molecule has 0 aliphatic carbocycles. The lowest BCUT2D eigenvalue weighted by atomic mass is 10.2. The number of β-amino-alcohol motifs (C(OH)–C–C–N with tert-alkyl or cyclic N) is 1. The van der Waals surface area contributed by atoms with Crippen molar-refractivity contribution in [2.24, 2.45) is 0 Å². The van der Waals surface area contributed by atoms with Gasteiger partial charge in [-0.15, -0.1) is 11.3 Å². The second kappa shape index (κ2) is 4.94. The van der Waals surface area contributed by atoms with E-state index in [2.05, 4.69) is 5.32 Å². The molecular weight excluding hydrogens is 260 g/mol. The fourth-order valence-electron chi connectivity index (χ4n) is 1.93. The van der Waals surface area contributed by atoms with E-state index in [4.69, 9.17) is 11.6 Å². The SMILES string of the molecule is Cc1csc(C(=O)N(C)[C@H]2CNC[C@@H]2O)c1Cl. The number of rotatable bonds is 2. The molecule has 1 amide bonds. The summed E-state index contributed by atoms with van der Waals surface area (Å²) >= 11 is 7.42. The number of thiophene rings is 1. The number of nitrogens with zero attached hydrogens (tertiary/aromatic N) is 1. The van der Waals surface area contributed by atoms with Crippen molar-refractivity contribution in [2.45, 2.75) is 19.1 Å². The summed E-state index contributed by atoms with van der Waals surface area (Å²) in [7, 11) is 1.70. The van der Waals surface area contributed by atoms with Gasteiger partial charge < -0.3 is 15.3 Å². The van der Waals surface area contributed by atoms with Crippen molar-refractivity contribution < 1.29 is 9.90 Å². The van der Waals surface area contributed by atoms with Crippen molar-refractivity contribution in [2.75, 3.05) is 20.1 Å². The molecule has 2 rings (SSSR count). The lowest BCUT2D eigenvalue weighted by molar-refractivity contribution is 0.0586. The zero-order chi connectivity index (χ0) is 12.6. The summed E-state index contributed by atoms with van der Waals surface area (Å²) in [5, 5.41) is 15.2. The van der Waals surface area contributed by atoms with Crippen molar-refractivity contribution in [3.63, 3.8) is 0 Å². The van der Waals surface area contributed by atoms with Gasteiger partial charge in [-0.2, -0.15) is 0 Å². The van der Waals surface area contributed by atoms with Gasteiger partial charge in [0.2, 0.25) is 0 Å². The summed E-state index contributed by atoms with van der Waals surface area (Å²) in [5.74, 6) is -0.124. The van der Waals surface area contributed by atoms with Gasteiger partial charge in [-0.1, -0.05) is 11.6 Å². The molecule has 1 aliphatic rings. The number of nitrogens with one attached hydrogen (secondary N) is 1. The summed E-state index contributed by atoms with van der Waals surface area (Å²) < 4.78 is 0. The minimum Gasteiger partial charge on any atom is -0.390 e. The summed E-state index contributed by atoms with van der Waals surface area (Å²) in [6, 6.07) is -0.180. The smallest absolute Gasteiger partial charge is 0.265 e. The Kier molecular flexibility index (Phi) is 3.73. The second-order valence-electron chi connectivity index (χ2n) is 4.27. The van der Waals surface area contributed by atoms with Crippen LogP contribution < -0.4 is 5.32 Å². The largest absolute Gasteiger partial charge is 0.390 e. The molecule has 0 spiro atoms. The van der Waals surface area contributed by atoms with Crippen LogP contribution in [0.5, 0.6) is 0 Å². The molecule has 1 aromatic rings. The average Bonchev–Trinajstić information content (AvgIpc) is 2.86. The van der Waals surface area contributed by atoms with Crippen LogP contribution in [-0.4, -0.2) is 48.2 Å². The summed E-state index contributed by atoms with van der Waals surface area (Å²) in [6.07, 6.45) is -0.510. The number of aliphatic hydroxyl groups is 1. The molecule has 1 aliphatic heterocycles. The minimum atomic E-state index is -0.510. The van der Waals surface area contributed by atoms with E-state index < -0.39 is 6.10 Å². The zero-order valence-electron chi connectivity index (χ0n) is 9.74. The van der Waals surface area contributed by atoms with Crippen LogP contribution in [0.3, 0.4) is 0 Å². The predicted molar refractivity (Wildman–Crippen MR) is 68.8 cm³/mol. The van der Waals surface area contributed by atoms with Gasteiger partial charge >= 0.3 is 0 Å². The Morgan fingerprint density at radius 1 is 1.65 bits per heavy atom. The van der Waals surface area contributed by atoms with Crippen molar-refractivity contribution in [3.8, 4) is 0 Å². The Morgan fingerprint density at radius 2 is 2.35 bits per heavy atom. The van der Waals surface area contributed by atoms with Crippen LogP contribution in [0.4, 0.5) is 0 Å². The van der Waals surface area contributed by atoms with Gasteiger partial charge in [-0.25, -0.2) is 0 Å². The van der Waals surface area contributed by atoms with Gasteiger partial charge in [0.15, 0.2) is 0 Å². The highest BCUT2D eigenvalue weighted by Crippen LogP contribution is 2.28. The second-order valence-corrected chi connectivity index (χ2v) is 5.53. The van der Waals surface area contributed by atoms with Crippen molar-refractivity contribution in [3.05, 3.63) is 20.8 Å². The lowest BCUT2D eigenvalue weighted by Gasteiger charge is -2.26. The number of carbonyl (C=O) groups excluding carboxylic acids is 1. The van der Waals surface area contributed by atoms with Crippen LogP contribution in [0.25, 0.3) is 0 Å². The standard InChI is InChI=1S/C11H15ClN2O2S/c1-6-5-17-10(9(6)12)11(16)14(2)7-3-13-4-8(7)15/h5,7-8,13,15H,3-4H2,1-2H3/t7-,8-/m0/s1. The molecule has 4 nitrogen and oxygen atoms in total. The molecule has 0 radical (unpaired) electrons. The summed E-state index contributed by atoms with van der Waals surface area (Å²) in [4.78, 5) is 14.3. The highest BCUT2D eigenvalue weighted by molar-refractivity contribution is 7.13. The molecule has 1 saturated heterocycles. The van der Waals surface area contributed by atoms with E-state index in [1.165, 1.54) is 11.3 Å². The summed E-state index contributed by atoms with van der Waals surface area (Å²) in [5.41, 5.74) is 0.915. The monoisotopic (exact) mass is 274 g/mol. The van der Waals surface area contributed by atoms with Gasteiger partial charge in [-0.3, -0.25) is 4.79 Å². The number of halogens is 1. The number of likely N-dealkylation sites (N-methyl/N-ethyl adjacent to an activating group) is 1. The fourth-order valence-corrected chi connectivity index (χ4v) is 3.19. The number of hydrogen-bond donors (Lipinski definition) is 2. The maximum Gasteiger partial charge on any atom is 0.265 e. The first kappa shape index (κ1) is 12.8. The van der Waals surface area contributed by atoms with Crippen molar-refractivity contribution >= 4 is 28.8 Å². The summed E-state index contributed by atoms with van der Waals surface area (Å²) in [6.45, 7) is 3.02. The third-order valence-corrected chi connectivity index (χ3v) is 4.75. The highest BCUT2D eigenvalue weighted by atomic mass is 35.5. The molecule has 94 valence electrons.